The zero-order valence-corrected chi connectivity index (χ0v) is 21.9. The summed E-state index contributed by atoms with van der Waals surface area (Å²) in [6, 6.07) is 9.72. The Balaban J connectivity index is 1.50. The lowest BCUT2D eigenvalue weighted by Gasteiger charge is -2.39. The Labute approximate surface area is 219 Å². The molecule has 0 saturated heterocycles. The number of alkyl halides is 3. The van der Waals surface area contributed by atoms with Gasteiger partial charge in [-0.15, -0.1) is 10.2 Å². The number of fused-ring (bicyclic) bond motifs is 1. The third kappa shape index (κ3) is 4.82. The predicted octanol–water partition coefficient (Wildman–Crippen LogP) is 4.93. The Morgan fingerprint density at radius 2 is 1.92 bits per heavy atom. The first-order valence-electron chi connectivity index (χ1n) is 12.7. The Hall–Kier alpha value is -3.24. The summed E-state index contributed by atoms with van der Waals surface area (Å²) in [6.45, 7) is 5.46. The molecule has 2 heterocycles. The number of aryl methyl sites for hydroxylation is 1. The second kappa shape index (κ2) is 9.20. The quantitative estimate of drug-likeness (QED) is 0.455. The largest absolute Gasteiger partial charge is 0.416 e. The highest BCUT2D eigenvalue weighted by Crippen LogP contribution is 2.41. The summed E-state index contributed by atoms with van der Waals surface area (Å²) < 4.78 is 44.1. The van der Waals surface area contributed by atoms with Crippen LogP contribution in [0.1, 0.15) is 84.4 Å². The number of halogens is 3. The first-order valence-corrected chi connectivity index (χ1v) is 12.7. The summed E-state index contributed by atoms with van der Waals surface area (Å²) in [6.07, 6.45) is 0.00396. The molecule has 7 nitrogen and oxygen atoms in total. The van der Waals surface area contributed by atoms with Gasteiger partial charge in [-0.05, 0) is 81.0 Å². The van der Waals surface area contributed by atoms with Gasteiger partial charge in [0.15, 0.2) is 0 Å². The Morgan fingerprint density at radius 3 is 2.50 bits per heavy atom. The van der Waals surface area contributed by atoms with Crippen LogP contribution in [0, 0.1) is 0 Å². The van der Waals surface area contributed by atoms with Crippen molar-refractivity contribution in [3.63, 3.8) is 0 Å². The summed E-state index contributed by atoms with van der Waals surface area (Å²) in [5.41, 5.74) is -0.442. The van der Waals surface area contributed by atoms with Gasteiger partial charge in [-0.2, -0.15) is 13.2 Å². The van der Waals surface area contributed by atoms with Crippen molar-refractivity contribution in [2.75, 3.05) is 4.90 Å². The summed E-state index contributed by atoms with van der Waals surface area (Å²) >= 11 is 0. The maximum Gasteiger partial charge on any atom is 0.416 e. The number of nitrogens with zero attached hydrogens (tertiary/aromatic N) is 4. The van der Waals surface area contributed by atoms with E-state index in [4.69, 9.17) is 0 Å². The topological polar surface area (TPSA) is 83.3 Å². The van der Waals surface area contributed by atoms with Gasteiger partial charge in [0.1, 0.15) is 12.2 Å². The van der Waals surface area contributed by atoms with E-state index in [1.54, 1.807) is 55.8 Å². The van der Waals surface area contributed by atoms with E-state index in [-0.39, 0.29) is 29.8 Å². The fraction of sp³-hybridized carbons (Fsp3) is 0.464. The van der Waals surface area contributed by atoms with Crippen molar-refractivity contribution in [3.8, 4) is 0 Å². The standard InChI is InChI=1S/C28H32F3N5O2/c1-26(2,38)23(24-34-33-16-35(24)4)18-7-5-8-19(13-18)36-15-21-20(25(36)37)11-17(12-22(21)28(29,30)31)14-32-27(3)9-6-10-27/h5,7-8,11-13,16,23,32,38H,6,9-10,14-15H2,1-4H3. The van der Waals surface area contributed by atoms with Crippen molar-refractivity contribution in [1.29, 1.82) is 0 Å². The van der Waals surface area contributed by atoms with Crippen LogP contribution in [0.25, 0.3) is 0 Å². The van der Waals surface area contributed by atoms with Crippen molar-refractivity contribution in [2.45, 2.75) is 76.4 Å². The lowest BCUT2D eigenvalue weighted by Crippen LogP contribution is -2.47. The van der Waals surface area contributed by atoms with Crippen molar-refractivity contribution < 1.29 is 23.1 Å². The smallest absolute Gasteiger partial charge is 0.389 e. The van der Waals surface area contributed by atoms with Gasteiger partial charge in [-0.3, -0.25) is 4.79 Å². The molecular weight excluding hydrogens is 495 g/mol. The number of benzene rings is 2. The zero-order valence-electron chi connectivity index (χ0n) is 21.9. The molecule has 2 aliphatic rings. The van der Waals surface area contributed by atoms with E-state index in [1.807, 2.05) is 0 Å². The number of anilines is 1. The molecule has 2 N–H and O–H groups in total. The van der Waals surface area contributed by atoms with Crippen LogP contribution in [0.2, 0.25) is 0 Å². The highest BCUT2D eigenvalue weighted by atomic mass is 19.4. The maximum atomic E-state index is 14.1. The highest BCUT2D eigenvalue weighted by molar-refractivity contribution is 6.10. The fourth-order valence-corrected chi connectivity index (χ4v) is 5.53. The minimum Gasteiger partial charge on any atom is -0.389 e. The molecule has 38 heavy (non-hydrogen) atoms. The number of carbonyl (C=O) groups is 1. The molecule has 1 aliphatic carbocycles. The Kier molecular flexibility index (Phi) is 6.38. The number of amides is 1. The minimum atomic E-state index is -4.59. The molecule has 3 aromatic rings. The number of hydrogen-bond acceptors (Lipinski definition) is 5. The van der Waals surface area contributed by atoms with Gasteiger partial charge in [0, 0.05) is 30.4 Å². The first kappa shape index (κ1) is 26.4. The van der Waals surface area contributed by atoms with Gasteiger partial charge in [0.2, 0.25) is 0 Å². The van der Waals surface area contributed by atoms with E-state index in [2.05, 4.69) is 22.4 Å². The molecule has 0 spiro atoms. The second-order valence-corrected chi connectivity index (χ2v) is 11.3. The van der Waals surface area contributed by atoms with Gasteiger partial charge in [0.25, 0.3) is 5.91 Å². The van der Waals surface area contributed by atoms with E-state index < -0.39 is 29.2 Å². The van der Waals surface area contributed by atoms with Crippen molar-refractivity contribution in [3.05, 3.63) is 76.4 Å². The molecule has 1 aliphatic heterocycles. The molecule has 5 rings (SSSR count). The minimum absolute atomic E-state index is 0.0150. The van der Waals surface area contributed by atoms with Crippen LogP contribution in [0.5, 0.6) is 0 Å². The summed E-state index contributed by atoms with van der Waals surface area (Å²) in [5.74, 6) is -0.522. The number of nitrogens with one attached hydrogen (secondary N) is 1. The Bertz CT molecular complexity index is 1370. The van der Waals surface area contributed by atoms with E-state index in [0.717, 1.165) is 19.3 Å². The van der Waals surface area contributed by atoms with Gasteiger partial charge in [-0.1, -0.05) is 12.1 Å². The second-order valence-electron chi connectivity index (χ2n) is 11.3. The summed E-state index contributed by atoms with van der Waals surface area (Å²) in [7, 11) is 1.77. The van der Waals surface area contributed by atoms with E-state index >= 15 is 0 Å². The van der Waals surface area contributed by atoms with Crippen molar-refractivity contribution >= 4 is 11.6 Å². The highest BCUT2D eigenvalue weighted by Gasteiger charge is 2.41. The Morgan fingerprint density at radius 1 is 1.18 bits per heavy atom. The average molecular weight is 528 g/mol. The molecule has 1 saturated carbocycles. The first-order chi connectivity index (χ1) is 17.8. The average Bonchev–Trinajstić information content (AvgIpc) is 3.38. The van der Waals surface area contributed by atoms with Gasteiger partial charge >= 0.3 is 6.18 Å². The molecule has 1 unspecified atom stereocenters. The van der Waals surface area contributed by atoms with E-state index in [9.17, 15) is 23.1 Å². The molecule has 202 valence electrons. The van der Waals surface area contributed by atoms with Crippen LogP contribution in [0.15, 0.2) is 42.7 Å². The van der Waals surface area contributed by atoms with Crippen LogP contribution in [0.4, 0.5) is 18.9 Å². The lowest BCUT2D eigenvalue weighted by atomic mass is 9.78. The van der Waals surface area contributed by atoms with Crippen molar-refractivity contribution in [2.24, 2.45) is 7.05 Å². The molecule has 10 heteroatoms. The number of carbonyl (C=O) groups excluding carboxylic acids is 1. The third-order valence-electron chi connectivity index (χ3n) is 7.81. The zero-order chi connectivity index (χ0) is 27.5. The SMILES string of the molecule is Cn1cnnc1C(c1cccc(N2Cc3c(cc(CNC4(C)CCC4)cc3C(F)(F)F)C2=O)c1)C(C)(C)O. The molecular formula is C28H32F3N5O2. The monoisotopic (exact) mass is 527 g/mol. The molecule has 1 aromatic heterocycles. The van der Waals surface area contributed by atoms with Gasteiger partial charge in [-0.25, -0.2) is 0 Å². The number of hydrogen-bond donors (Lipinski definition) is 2. The van der Waals surface area contributed by atoms with Gasteiger partial charge in [0.05, 0.1) is 23.6 Å². The van der Waals surface area contributed by atoms with E-state index in [1.165, 1.54) is 17.3 Å². The van der Waals surface area contributed by atoms with Crippen LogP contribution >= 0.6 is 0 Å². The molecule has 2 aromatic carbocycles. The summed E-state index contributed by atoms with van der Waals surface area (Å²) in [4.78, 5) is 14.9. The van der Waals surface area contributed by atoms with E-state index in [0.29, 0.717) is 22.6 Å². The number of aliphatic hydroxyl groups is 1. The normalized spacial score (nSPS) is 17.9. The predicted molar refractivity (Wildman–Crippen MR) is 137 cm³/mol. The summed E-state index contributed by atoms with van der Waals surface area (Å²) in [5, 5.41) is 22.4. The molecule has 1 amide bonds. The van der Waals surface area contributed by atoms with Crippen molar-refractivity contribution in [1.82, 2.24) is 20.1 Å². The molecule has 0 bridgehead atoms. The third-order valence-corrected chi connectivity index (χ3v) is 7.81. The lowest BCUT2D eigenvalue weighted by molar-refractivity contribution is -0.138. The van der Waals surface area contributed by atoms with Crippen LogP contribution in [0.3, 0.4) is 0 Å². The number of aromatic nitrogens is 3. The van der Waals surface area contributed by atoms with Gasteiger partial charge < -0.3 is 19.9 Å². The molecule has 0 radical (unpaired) electrons. The maximum absolute atomic E-state index is 14.1. The molecule has 1 atom stereocenters. The van der Waals surface area contributed by atoms with Crippen LogP contribution in [-0.2, 0) is 26.3 Å². The fourth-order valence-electron chi connectivity index (χ4n) is 5.53. The number of rotatable bonds is 7. The van der Waals surface area contributed by atoms with Crippen LogP contribution < -0.4 is 10.2 Å². The molecule has 1 fully saturated rings. The van der Waals surface area contributed by atoms with Crippen LogP contribution in [-0.4, -0.2) is 36.9 Å².